The molecule has 0 aliphatic rings. The second kappa shape index (κ2) is 8.05. The second-order valence-electron chi connectivity index (χ2n) is 4.35. The van der Waals surface area contributed by atoms with Crippen molar-refractivity contribution in [2.75, 3.05) is 23.4 Å². The molecule has 0 spiro atoms. The van der Waals surface area contributed by atoms with Gasteiger partial charge in [0.2, 0.25) is 11.9 Å². The van der Waals surface area contributed by atoms with E-state index in [0.717, 1.165) is 0 Å². The fraction of sp³-hybridized carbons (Fsp3) is 0.286. The standard InChI is InChI=1S/C14H16N6O2S/c1-2-22-11-6-4-3-5-10(11)17-12(21)9-20-13(16)18-19-14(20)23-8-7-15/h3-6H,2,8-9H2,1H3,(H2,16,18)(H,17,21). The molecule has 0 aliphatic heterocycles. The number of thioether (sulfide) groups is 1. The van der Waals surface area contributed by atoms with Gasteiger partial charge in [0, 0.05) is 0 Å². The Morgan fingerprint density at radius 3 is 3.00 bits per heavy atom. The van der Waals surface area contributed by atoms with E-state index < -0.39 is 0 Å². The number of rotatable bonds is 7. The summed E-state index contributed by atoms with van der Waals surface area (Å²) in [5.74, 6) is 0.632. The van der Waals surface area contributed by atoms with Crippen LogP contribution in [0, 0.1) is 11.3 Å². The number of carbonyl (C=O) groups is 1. The number of amides is 1. The van der Waals surface area contributed by atoms with Crippen molar-refractivity contribution in [1.82, 2.24) is 14.8 Å². The maximum atomic E-state index is 12.2. The summed E-state index contributed by atoms with van der Waals surface area (Å²) in [6.07, 6.45) is 0. The van der Waals surface area contributed by atoms with Crippen LogP contribution in [-0.4, -0.2) is 33.0 Å². The molecule has 9 heteroatoms. The maximum Gasteiger partial charge on any atom is 0.244 e. The molecule has 0 bridgehead atoms. The second-order valence-corrected chi connectivity index (χ2v) is 5.29. The summed E-state index contributed by atoms with van der Waals surface area (Å²) in [5, 5.41) is 19.4. The first-order chi connectivity index (χ1) is 11.2. The number of benzene rings is 1. The average Bonchev–Trinajstić information content (AvgIpc) is 2.88. The molecule has 2 rings (SSSR count). The van der Waals surface area contributed by atoms with Gasteiger partial charge in [-0.3, -0.25) is 9.36 Å². The van der Waals surface area contributed by atoms with E-state index in [1.165, 1.54) is 16.3 Å². The number of carbonyl (C=O) groups excluding carboxylic acids is 1. The highest BCUT2D eigenvalue weighted by Gasteiger charge is 2.14. The summed E-state index contributed by atoms with van der Waals surface area (Å²) in [7, 11) is 0. The highest BCUT2D eigenvalue weighted by Crippen LogP contribution is 2.24. The van der Waals surface area contributed by atoms with Gasteiger partial charge in [0.25, 0.3) is 0 Å². The lowest BCUT2D eigenvalue weighted by molar-refractivity contribution is -0.116. The van der Waals surface area contributed by atoms with Gasteiger partial charge in [-0.05, 0) is 19.1 Å². The minimum Gasteiger partial charge on any atom is -0.492 e. The highest BCUT2D eigenvalue weighted by molar-refractivity contribution is 7.99. The van der Waals surface area contributed by atoms with Crippen molar-refractivity contribution in [2.24, 2.45) is 0 Å². The Morgan fingerprint density at radius 2 is 2.26 bits per heavy atom. The van der Waals surface area contributed by atoms with E-state index in [4.69, 9.17) is 15.7 Å². The minimum atomic E-state index is -0.289. The normalized spacial score (nSPS) is 10.1. The first-order valence-corrected chi connectivity index (χ1v) is 7.84. The molecule has 0 unspecified atom stereocenters. The molecule has 0 radical (unpaired) electrons. The Hall–Kier alpha value is -2.73. The number of nitrogens with zero attached hydrogens (tertiary/aromatic N) is 4. The molecular weight excluding hydrogens is 316 g/mol. The topological polar surface area (TPSA) is 119 Å². The molecule has 2 aromatic rings. The summed E-state index contributed by atoms with van der Waals surface area (Å²) in [6, 6.07) is 9.16. The van der Waals surface area contributed by atoms with Crippen molar-refractivity contribution < 1.29 is 9.53 Å². The maximum absolute atomic E-state index is 12.2. The molecule has 0 saturated heterocycles. The van der Waals surface area contributed by atoms with Gasteiger partial charge in [-0.25, -0.2) is 0 Å². The van der Waals surface area contributed by atoms with Gasteiger partial charge < -0.3 is 15.8 Å². The third-order valence-electron chi connectivity index (χ3n) is 2.77. The van der Waals surface area contributed by atoms with Crippen LogP contribution in [-0.2, 0) is 11.3 Å². The molecule has 0 fully saturated rings. The molecule has 1 heterocycles. The van der Waals surface area contributed by atoms with Crippen LogP contribution in [0.15, 0.2) is 29.4 Å². The van der Waals surface area contributed by atoms with Gasteiger partial charge in [-0.2, -0.15) is 5.26 Å². The summed E-state index contributed by atoms with van der Waals surface area (Å²) in [5.41, 5.74) is 6.30. The third kappa shape index (κ3) is 4.37. The molecule has 0 atom stereocenters. The van der Waals surface area contributed by atoms with Gasteiger partial charge in [-0.1, -0.05) is 23.9 Å². The van der Waals surface area contributed by atoms with Gasteiger partial charge in [0.1, 0.15) is 12.3 Å². The molecule has 0 saturated carbocycles. The third-order valence-corrected chi connectivity index (χ3v) is 3.61. The highest BCUT2D eigenvalue weighted by atomic mass is 32.2. The van der Waals surface area contributed by atoms with Crippen LogP contribution in [0.3, 0.4) is 0 Å². The number of hydrogen-bond donors (Lipinski definition) is 2. The summed E-state index contributed by atoms with van der Waals surface area (Å²) >= 11 is 1.17. The number of hydrogen-bond acceptors (Lipinski definition) is 7. The van der Waals surface area contributed by atoms with Crippen molar-refractivity contribution in [3.63, 3.8) is 0 Å². The summed E-state index contributed by atoms with van der Waals surface area (Å²) in [4.78, 5) is 12.2. The average molecular weight is 332 g/mol. The van der Waals surface area contributed by atoms with Crippen molar-refractivity contribution in [1.29, 1.82) is 5.26 Å². The minimum absolute atomic E-state index is 0.0486. The number of nitrogens with one attached hydrogen (secondary N) is 1. The molecule has 23 heavy (non-hydrogen) atoms. The monoisotopic (exact) mass is 332 g/mol. The molecule has 1 aromatic carbocycles. The van der Waals surface area contributed by atoms with Crippen LogP contribution in [0.4, 0.5) is 11.6 Å². The van der Waals surface area contributed by atoms with E-state index in [0.29, 0.717) is 23.2 Å². The molecule has 0 aliphatic carbocycles. The number of nitrogens with two attached hydrogens (primary N) is 1. The molecule has 120 valence electrons. The first kappa shape index (κ1) is 16.6. The van der Waals surface area contributed by atoms with E-state index in [1.54, 1.807) is 18.2 Å². The van der Waals surface area contributed by atoms with Crippen molar-refractivity contribution in [3.05, 3.63) is 24.3 Å². The van der Waals surface area contributed by atoms with E-state index in [2.05, 4.69) is 15.5 Å². The van der Waals surface area contributed by atoms with E-state index in [9.17, 15) is 4.79 Å². The van der Waals surface area contributed by atoms with Crippen molar-refractivity contribution >= 4 is 29.3 Å². The lowest BCUT2D eigenvalue weighted by Crippen LogP contribution is -2.21. The van der Waals surface area contributed by atoms with E-state index >= 15 is 0 Å². The fourth-order valence-electron chi connectivity index (χ4n) is 1.84. The Morgan fingerprint density at radius 1 is 1.48 bits per heavy atom. The van der Waals surface area contributed by atoms with Crippen molar-refractivity contribution in [2.45, 2.75) is 18.6 Å². The van der Waals surface area contributed by atoms with Crippen LogP contribution in [0.25, 0.3) is 0 Å². The van der Waals surface area contributed by atoms with Crippen molar-refractivity contribution in [3.8, 4) is 11.8 Å². The van der Waals surface area contributed by atoms with Crippen LogP contribution in [0.5, 0.6) is 5.75 Å². The smallest absolute Gasteiger partial charge is 0.244 e. The predicted molar refractivity (Wildman–Crippen MR) is 87.0 cm³/mol. The zero-order chi connectivity index (χ0) is 16.7. The largest absolute Gasteiger partial charge is 0.492 e. The number of ether oxygens (including phenoxy) is 1. The number of nitriles is 1. The van der Waals surface area contributed by atoms with E-state index in [-0.39, 0.29) is 24.2 Å². The number of para-hydroxylation sites is 2. The molecular formula is C14H16N6O2S. The molecule has 8 nitrogen and oxygen atoms in total. The Labute approximate surface area is 137 Å². The zero-order valence-electron chi connectivity index (χ0n) is 12.5. The van der Waals surface area contributed by atoms with Crippen LogP contribution >= 0.6 is 11.8 Å². The van der Waals surface area contributed by atoms with Crippen LogP contribution < -0.4 is 15.8 Å². The lowest BCUT2D eigenvalue weighted by atomic mass is 10.3. The number of anilines is 2. The van der Waals surface area contributed by atoms with Gasteiger partial charge in [-0.15, -0.1) is 10.2 Å². The van der Waals surface area contributed by atoms with Crippen LogP contribution in [0.1, 0.15) is 6.92 Å². The Balaban J connectivity index is 2.09. The van der Waals surface area contributed by atoms with Gasteiger partial charge >= 0.3 is 0 Å². The molecule has 3 N–H and O–H groups in total. The van der Waals surface area contributed by atoms with E-state index in [1.807, 2.05) is 19.1 Å². The Bertz CT molecular complexity index is 724. The summed E-state index contributed by atoms with van der Waals surface area (Å²) in [6.45, 7) is 2.32. The summed E-state index contributed by atoms with van der Waals surface area (Å²) < 4.78 is 6.92. The SMILES string of the molecule is CCOc1ccccc1NC(=O)Cn1c(N)nnc1SCC#N. The fourth-order valence-corrected chi connectivity index (χ4v) is 2.44. The van der Waals surface area contributed by atoms with Gasteiger partial charge in [0.05, 0.1) is 24.1 Å². The first-order valence-electron chi connectivity index (χ1n) is 6.85. The molecule has 1 aromatic heterocycles. The van der Waals surface area contributed by atoms with Gasteiger partial charge in [0.15, 0.2) is 5.16 Å². The quantitative estimate of drug-likeness (QED) is 0.738. The Kier molecular flexibility index (Phi) is 5.82. The number of aromatic nitrogens is 3. The lowest BCUT2D eigenvalue weighted by Gasteiger charge is -2.12. The van der Waals surface area contributed by atoms with Crippen LogP contribution in [0.2, 0.25) is 0 Å². The predicted octanol–water partition coefficient (Wildman–Crippen LogP) is 1.51. The molecule has 1 amide bonds. The zero-order valence-corrected chi connectivity index (χ0v) is 13.3. The number of nitrogen functional groups attached to an aromatic ring is 1.